The van der Waals surface area contributed by atoms with Gasteiger partial charge in [0.05, 0.1) is 4.90 Å². The van der Waals surface area contributed by atoms with Crippen LogP contribution in [0.3, 0.4) is 0 Å². The highest BCUT2D eigenvalue weighted by molar-refractivity contribution is 7.89. The van der Waals surface area contributed by atoms with Gasteiger partial charge in [-0.25, -0.2) is 8.42 Å². The van der Waals surface area contributed by atoms with Crippen molar-refractivity contribution in [1.29, 1.82) is 0 Å². The van der Waals surface area contributed by atoms with E-state index in [-0.39, 0.29) is 11.5 Å². The molecule has 23 heavy (non-hydrogen) atoms. The minimum atomic E-state index is -3.38. The summed E-state index contributed by atoms with van der Waals surface area (Å²) in [5.74, 6) is 0. The summed E-state index contributed by atoms with van der Waals surface area (Å²) < 4.78 is 28.1. The molecule has 5 heteroatoms. The van der Waals surface area contributed by atoms with Gasteiger partial charge in [0.25, 0.3) is 0 Å². The van der Waals surface area contributed by atoms with Crippen LogP contribution < -0.4 is 5.32 Å². The summed E-state index contributed by atoms with van der Waals surface area (Å²) in [5, 5.41) is 3.33. The first-order valence-electron chi connectivity index (χ1n) is 8.85. The van der Waals surface area contributed by atoms with Crippen LogP contribution in [0.25, 0.3) is 0 Å². The van der Waals surface area contributed by atoms with E-state index in [4.69, 9.17) is 0 Å². The largest absolute Gasteiger partial charge is 0.312 e. The second-order valence-electron chi connectivity index (χ2n) is 7.67. The van der Waals surface area contributed by atoms with Crippen LogP contribution in [0.15, 0.2) is 23.1 Å². The molecule has 1 unspecified atom stereocenters. The van der Waals surface area contributed by atoms with Crippen LogP contribution in [0.2, 0.25) is 0 Å². The monoisotopic (exact) mass is 334 g/mol. The first kappa shape index (κ1) is 15.6. The lowest BCUT2D eigenvalue weighted by Crippen LogP contribution is -2.35. The molecule has 0 aromatic heterocycles. The summed E-state index contributed by atoms with van der Waals surface area (Å²) in [5.41, 5.74) is 2.67. The van der Waals surface area contributed by atoms with Crippen molar-refractivity contribution in [1.82, 2.24) is 9.62 Å². The molecule has 0 radical (unpaired) electrons. The minimum Gasteiger partial charge on any atom is -0.312 e. The fraction of sp³-hybridized carbons (Fsp3) is 0.667. The van der Waals surface area contributed by atoms with Gasteiger partial charge in [-0.1, -0.05) is 18.9 Å². The molecule has 1 aliphatic carbocycles. The Morgan fingerprint density at radius 2 is 2.00 bits per heavy atom. The molecule has 1 saturated heterocycles. The summed E-state index contributed by atoms with van der Waals surface area (Å²) >= 11 is 0. The van der Waals surface area contributed by atoms with Gasteiger partial charge in [-0.15, -0.1) is 0 Å². The fourth-order valence-electron chi connectivity index (χ4n) is 4.84. The second-order valence-corrected chi connectivity index (χ2v) is 9.56. The van der Waals surface area contributed by atoms with Crippen LogP contribution in [0.5, 0.6) is 0 Å². The average Bonchev–Trinajstić information content (AvgIpc) is 3.14. The normalized spacial score (nSPS) is 27.4. The smallest absolute Gasteiger partial charge is 0.243 e. The van der Waals surface area contributed by atoms with Crippen LogP contribution in [0.1, 0.15) is 50.2 Å². The Morgan fingerprint density at radius 1 is 1.22 bits per heavy atom. The third kappa shape index (κ3) is 2.63. The highest BCUT2D eigenvalue weighted by Gasteiger charge is 2.48. The van der Waals surface area contributed by atoms with Gasteiger partial charge in [0.1, 0.15) is 0 Å². The maximum atomic E-state index is 13.2. The Labute approximate surface area is 139 Å². The lowest BCUT2D eigenvalue weighted by atomic mass is 9.84. The lowest BCUT2D eigenvalue weighted by molar-refractivity contribution is 0.313. The molecule has 1 saturated carbocycles. The molecular formula is C18H26N2O2S. The molecule has 2 heterocycles. The number of benzene rings is 1. The van der Waals surface area contributed by atoms with Gasteiger partial charge in [0.15, 0.2) is 0 Å². The van der Waals surface area contributed by atoms with E-state index in [2.05, 4.69) is 12.2 Å². The zero-order valence-corrected chi connectivity index (χ0v) is 14.7. The molecule has 2 aliphatic heterocycles. The molecule has 0 amide bonds. The van der Waals surface area contributed by atoms with E-state index in [0.29, 0.717) is 11.4 Å². The molecule has 1 N–H and O–H groups in total. The fourth-order valence-corrected chi connectivity index (χ4v) is 6.64. The number of nitrogens with zero attached hydrogens (tertiary/aromatic N) is 1. The van der Waals surface area contributed by atoms with Gasteiger partial charge in [-0.05, 0) is 67.8 Å². The van der Waals surface area contributed by atoms with Crippen LogP contribution >= 0.6 is 0 Å². The molecule has 4 rings (SSSR count). The first-order chi connectivity index (χ1) is 11.0. The SMILES string of the molecule is CC1CC2(CCCC2)CN1S(=O)(=O)c1ccc2c(c1)CNCC2. The predicted molar refractivity (Wildman–Crippen MR) is 90.7 cm³/mol. The van der Waals surface area contributed by atoms with Crippen LogP contribution in [0, 0.1) is 5.41 Å². The minimum absolute atomic E-state index is 0.118. The number of nitrogens with one attached hydrogen (secondary N) is 1. The number of hydrogen-bond donors (Lipinski definition) is 1. The van der Waals surface area contributed by atoms with Crippen molar-refractivity contribution in [3.05, 3.63) is 29.3 Å². The first-order valence-corrected chi connectivity index (χ1v) is 10.3. The van der Waals surface area contributed by atoms with Crippen LogP contribution in [0.4, 0.5) is 0 Å². The summed E-state index contributed by atoms with van der Waals surface area (Å²) in [4.78, 5) is 0.474. The number of rotatable bonds is 2. The Morgan fingerprint density at radius 3 is 2.78 bits per heavy atom. The van der Waals surface area contributed by atoms with Crippen molar-refractivity contribution in [3.63, 3.8) is 0 Å². The van der Waals surface area contributed by atoms with Gasteiger partial charge in [-0.3, -0.25) is 0 Å². The molecule has 126 valence electrons. The molecule has 1 atom stereocenters. The number of sulfonamides is 1. The maximum Gasteiger partial charge on any atom is 0.243 e. The summed E-state index contributed by atoms with van der Waals surface area (Å²) in [6.45, 7) is 4.54. The van der Waals surface area contributed by atoms with Gasteiger partial charge in [0.2, 0.25) is 10.0 Å². The molecule has 1 aromatic carbocycles. The zero-order chi connectivity index (χ0) is 16.1. The Hall–Kier alpha value is -0.910. The molecule has 2 fully saturated rings. The van der Waals surface area contributed by atoms with E-state index in [1.165, 1.54) is 31.2 Å². The highest BCUT2D eigenvalue weighted by atomic mass is 32.2. The molecule has 0 bridgehead atoms. The van der Waals surface area contributed by atoms with Crippen molar-refractivity contribution in [2.45, 2.75) is 62.9 Å². The lowest BCUT2D eigenvalue weighted by Gasteiger charge is -2.25. The van der Waals surface area contributed by atoms with E-state index in [9.17, 15) is 8.42 Å². The maximum absolute atomic E-state index is 13.2. The van der Waals surface area contributed by atoms with E-state index in [1.54, 1.807) is 4.31 Å². The van der Waals surface area contributed by atoms with Crippen molar-refractivity contribution >= 4 is 10.0 Å². The standard InChI is InChI=1S/C18H26N2O2S/c1-14-11-18(7-2-3-8-18)13-20(14)23(21,22)17-5-4-15-6-9-19-12-16(15)10-17/h4-5,10,14,19H,2-3,6-9,11-13H2,1H3. The summed E-state index contributed by atoms with van der Waals surface area (Å²) in [7, 11) is -3.38. The molecule has 4 nitrogen and oxygen atoms in total. The molecule has 3 aliphatic rings. The van der Waals surface area contributed by atoms with E-state index >= 15 is 0 Å². The average molecular weight is 334 g/mol. The van der Waals surface area contributed by atoms with Crippen molar-refractivity contribution in [3.8, 4) is 0 Å². The Balaban J connectivity index is 1.65. The van der Waals surface area contributed by atoms with Crippen molar-refractivity contribution < 1.29 is 8.42 Å². The Kier molecular flexibility index (Phi) is 3.78. The predicted octanol–water partition coefficient (Wildman–Crippen LogP) is 2.68. The van der Waals surface area contributed by atoms with Gasteiger partial charge in [0, 0.05) is 19.1 Å². The van der Waals surface area contributed by atoms with E-state index < -0.39 is 10.0 Å². The van der Waals surface area contributed by atoms with Crippen molar-refractivity contribution in [2.75, 3.05) is 13.1 Å². The third-order valence-electron chi connectivity index (χ3n) is 6.05. The molecule has 1 spiro atoms. The zero-order valence-electron chi connectivity index (χ0n) is 13.8. The van der Waals surface area contributed by atoms with E-state index in [0.717, 1.165) is 31.5 Å². The van der Waals surface area contributed by atoms with Gasteiger partial charge < -0.3 is 5.32 Å². The third-order valence-corrected chi connectivity index (χ3v) is 8.00. The molecular weight excluding hydrogens is 308 g/mol. The topological polar surface area (TPSA) is 49.4 Å². The number of hydrogen-bond acceptors (Lipinski definition) is 3. The van der Waals surface area contributed by atoms with Gasteiger partial charge >= 0.3 is 0 Å². The van der Waals surface area contributed by atoms with Crippen LogP contribution in [-0.4, -0.2) is 31.9 Å². The van der Waals surface area contributed by atoms with Crippen LogP contribution in [-0.2, 0) is 23.0 Å². The summed E-state index contributed by atoms with van der Waals surface area (Å²) in [6.07, 6.45) is 6.91. The van der Waals surface area contributed by atoms with Gasteiger partial charge in [-0.2, -0.15) is 4.31 Å². The Bertz CT molecular complexity index is 708. The van der Waals surface area contributed by atoms with Crippen molar-refractivity contribution in [2.24, 2.45) is 5.41 Å². The quantitative estimate of drug-likeness (QED) is 0.905. The second kappa shape index (κ2) is 5.57. The summed E-state index contributed by atoms with van der Waals surface area (Å²) in [6, 6.07) is 5.83. The highest BCUT2D eigenvalue weighted by Crippen LogP contribution is 2.49. The van der Waals surface area contributed by atoms with E-state index in [1.807, 2.05) is 18.2 Å². The number of fused-ring (bicyclic) bond motifs is 1. The molecule has 1 aromatic rings.